The van der Waals surface area contributed by atoms with E-state index in [9.17, 15) is 4.79 Å². The van der Waals surface area contributed by atoms with E-state index in [0.29, 0.717) is 34.0 Å². The molecule has 1 aliphatic rings. The van der Waals surface area contributed by atoms with Crippen molar-refractivity contribution in [2.75, 3.05) is 12.4 Å². The number of ether oxygens (including phenoxy) is 1. The van der Waals surface area contributed by atoms with E-state index in [-0.39, 0.29) is 12.3 Å². The van der Waals surface area contributed by atoms with E-state index in [0.717, 1.165) is 16.8 Å². The summed E-state index contributed by atoms with van der Waals surface area (Å²) in [5.74, 6) is 2.12. The first kappa shape index (κ1) is 21.7. The summed E-state index contributed by atoms with van der Waals surface area (Å²) in [7, 11) is 1.62. The number of anilines is 1. The van der Waals surface area contributed by atoms with Crippen LogP contribution in [0.4, 0.5) is 5.82 Å². The topological polar surface area (TPSA) is 107 Å². The summed E-state index contributed by atoms with van der Waals surface area (Å²) in [6.07, 6.45) is 2.99. The lowest BCUT2D eigenvalue weighted by atomic mass is 10.00. The molecule has 170 valence electrons. The van der Waals surface area contributed by atoms with Crippen molar-refractivity contribution >= 4 is 29.0 Å². The maximum atomic E-state index is 12.9. The molecule has 0 aliphatic carbocycles. The molecule has 0 radical (unpaired) electrons. The summed E-state index contributed by atoms with van der Waals surface area (Å²) in [5, 5.41) is 12.1. The van der Waals surface area contributed by atoms with Crippen LogP contribution in [0.1, 0.15) is 35.2 Å². The predicted octanol–water partition coefficient (Wildman–Crippen LogP) is 3.95. The zero-order chi connectivity index (χ0) is 23.7. The van der Waals surface area contributed by atoms with Crippen LogP contribution in [0.3, 0.4) is 0 Å². The van der Waals surface area contributed by atoms with E-state index in [2.05, 4.69) is 25.5 Å². The van der Waals surface area contributed by atoms with Gasteiger partial charge in [-0.1, -0.05) is 23.7 Å². The molecule has 9 nitrogen and oxygen atoms in total. The van der Waals surface area contributed by atoms with Gasteiger partial charge in [0.1, 0.15) is 29.8 Å². The number of carbonyl (C=O) groups is 1. The number of halogens is 1. The highest BCUT2D eigenvalue weighted by Crippen LogP contribution is 2.34. The fraction of sp³-hybridized carbons (Fsp3) is 0.167. The number of carbonyl (C=O) groups excluding carboxylic acids is 1. The Kier molecular flexibility index (Phi) is 5.77. The Balaban J connectivity index is 1.64. The lowest BCUT2D eigenvalue weighted by molar-refractivity contribution is -0.116. The molecule has 34 heavy (non-hydrogen) atoms. The molecule has 2 aromatic carbocycles. The Labute approximate surface area is 200 Å². The molecule has 1 aliphatic heterocycles. The number of nitrogens with zero attached hydrogens (tertiary/aromatic N) is 6. The van der Waals surface area contributed by atoms with Gasteiger partial charge in [-0.05, 0) is 43.3 Å². The number of amides is 1. The average Bonchev–Trinajstić information content (AvgIpc) is 3.17. The van der Waals surface area contributed by atoms with Gasteiger partial charge in [0.2, 0.25) is 5.91 Å². The second kappa shape index (κ2) is 9.03. The molecule has 2 aromatic heterocycles. The molecule has 0 saturated heterocycles. The molecule has 1 atom stereocenters. The van der Waals surface area contributed by atoms with Crippen molar-refractivity contribution in [3.63, 3.8) is 0 Å². The van der Waals surface area contributed by atoms with Crippen LogP contribution in [0, 0.1) is 6.92 Å². The summed E-state index contributed by atoms with van der Waals surface area (Å²) >= 11 is 6.14. The molecular formula is C24H20ClN7O2. The number of methoxy groups -OCH3 is 1. The zero-order valence-electron chi connectivity index (χ0n) is 18.4. The zero-order valence-corrected chi connectivity index (χ0v) is 19.2. The van der Waals surface area contributed by atoms with Crippen LogP contribution in [0.25, 0.3) is 5.69 Å². The highest BCUT2D eigenvalue weighted by molar-refractivity contribution is 6.30. The van der Waals surface area contributed by atoms with Crippen molar-refractivity contribution in [2.24, 2.45) is 4.99 Å². The van der Waals surface area contributed by atoms with Gasteiger partial charge in [0, 0.05) is 22.3 Å². The van der Waals surface area contributed by atoms with Gasteiger partial charge in [0.25, 0.3) is 0 Å². The summed E-state index contributed by atoms with van der Waals surface area (Å²) in [6.45, 7) is 1.87. The first-order chi connectivity index (χ1) is 16.5. The summed E-state index contributed by atoms with van der Waals surface area (Å²) in [4.78, 5) is 25.9. The van der Waals surface area contributed by atoms with E-state index in [1.54, 1.807) is 19.4 Å². The van der Waals surface area contributed by atoms with E-state index < -0.39 is 6.04 Å². The number of hydrogen-bond acceptors (Lipinski definition) is 7. The van der Waals surface area contributed by atoms with Crippen molar-refractivity contribution in [2.45, 2.75) is 19.4 Å². The fourth-order valence-corrected chi connectivity index (χ4v) is 4.04. The van der Waals surface area contributed by atoms with Crippen molar-refractivity contribution in [3.8, 4) is 11.4 Å². The van der Waals surface area contributed by atoms with Crippen LogP contribution < -0.4 is 10.1 Å². The fourth-order valence-electron chi connectivity index (χ4n) is 3.91. The van der Waals surface area contributed by atoms with Crippen molar-refractivity contribution in [1.82, 2.24) is 24.7 Å². The first-order valence-corrected chi connectivity index (χ1v) is 10.9. The average molecular weight is 474 g/mol. The van der Waals surface area contributed by atoms with Crippen molar-refractivity contribution in [3.05, 3.63) is 88.9 Å². The van der Waals surface area contributed by atoms with Crippen LogP contribution in [-0.4, -0.2) is 43.5 Å². The number of hydrogen-bond donors (Lipinski definition) is 1. The summed E-state index contributed by atoms with van der Waals surface area (Å²) in [6, 6.07) is 14.2. The molecule has 0 unspecified atom stereocenters. The monoisotopic (exact) mass is 473 g/mol. The number of aliphatic imine (C=N–C) groups is 1. The lowest BCUT2D eigenvalue weighted by Gasteiger charge is -2.14. The highest BCUT2D eigenvalue weighted by Gasteiger charge is 2.30. The number of benzene rings is 2. The van der Waals surface area contributed by atoms with Gasteiger partial charge >= 0.3 is 0 Å². The minimum atomic E-state index is -0.591. The van der Waals surface area contributed by atoms with Gasteiger partial charge in [-0.25, -0.2) is 9.97 Å². The van der Waals surface area contributed by atoms with Gasteiger partial charge < -0.3 is 10.1 Å². The molecule has 0 bridgehead atoms. The smallest absolute Gasteiger partial charge is 0.228 e. The van der Waals surface area contributed by atoms with Crippen molar-refractivity contribution < 1.29 is 9.53 Å². The molecule has 3 heterocycles. The minimum absolute atomic E-state index is 0.0460. The van der Waals surface area contributed by atoms with E-state index >= 15 is 0 Å². The Bertz CT molecular complexity index is 1380. The first-order valence-electron chi connectivity index (χ1n) is 10.5. The highest BCUT2D eigenvalue weighted by atomic mass is 35.5. The van der Waals surface area contributed by atoms with Gasteiger partial charge in [-0.2, -0.15) is 0 Å². The number of rotatable bonds is 5. The number of aromatic nitrogens is 5. The summed E-state index contributed by atoms with van der Waals surface area (Å²) in [5.41, 5.74) is 3.25. The normalized spacial score (nSPS) is 14.4. The van der Waals surface area contributed by atoms with Crippen LogP contribution >= 0.6 is 11.6 Å². The van der Waals surface area contributed by atoms with Crippen LogP contribution in [0.5, 0.6) is 5.75 Å². The molecule has 0 spiro atoms. The third-order valence-corrected chi connectivity index (χ3v) is 5.73. The van der Waals surface area contributed by atoms with Gasteiger partial charge in [0.15, 0.2) is 5.82 Å². The largest absolute Gasteiger partial charge is 0.497 e. The number of nitrogens with one attached hydrogen (secondary N) is 1. The minimum Gasteiger partial charge on any atom is -0.497 e. The third kappa shape index (κ3) is 4.13. The van der Waals surface area contributed by atoms with E-state index in [1.807, 2.05) is 54.0 Å². The second-order valence-electron chi connectivity index (χ2n) is 7.67. The Morgan fingerprint density at radius 1 is 1.15 bits per heavy atom. The quantitative estimate of drug-likeness (QED) is 0.470. The van der Waals surface area contributed by atoms with Crippen molar-refractivity contribution in [1.29, 1.82) is 0 Å². The maximum Gasteiger partial charge on any atom is 0.228 e. The Morgan fingerprint density at radius 3 is 2.71 bits per heavy atom. The molecule has 4 aromatic rings. The van der Waals surface area contributed by atoms with E-state index in [4.69, 9.17) is 21.3 Å². The molecule has 1 amide bonds. The molecule has 0 fully saturated rings. The van der Waals surface area contributed by atoms with Crippen LogP contribution in [0.15, 0.2) is 66.0 Å². The molecule has 0 saturated carbocycles. The lowest BCUT2D eigenvalue weighted by Crippen LogP contribution is -2.18. The summed E-state index contributed by atoms with van der Waals surface area (Å²) < 4.78 is 7.42. The predicted molar refractivity (Wildman–Crippen MR) is 128 cm³/mol. The Hall–Kier alpha value is -4.11. The van der Waals surface area contributed by atoms with Crippen LogP contribution in [-0.2, 0) is 4.79 Å². The third-order valence-electron chi connectivity index (χ3n) is 5.48. The number of aryl methyl sites for hydroxylation is 1. The number of fused-ring (bicyclic) bond motifs is 3. The van der Waals surface area contributed by atoms with Crippen LogP contribution in [0.2, 0.25) is 5.02 Å². The SMILES string of the molecule is COc1ccc2c(c1)C(c1ccc(Cl)cc1)=N[C@@H](CC(=O)Nc1ccncn1)c1nnc(C)n1-2. The molecule has 10 heteroatoms. The molecule has 5 rings (SSSR count). The molecule has 1 N–H and O–H groups in total. The Morgan fingerprint density at radius 2 is 1.97 bits per heavy atom. The maximum absolute atomic E-state index is 12.9. The van der Waals surface area contributed by atoms with Gasteiger partial charge in [-0.3, -0.25) is 14.4 Å². The standard InChI is InChI=1S/C24H20ClN7O2/c1-14-30-31-24-19(12-22(33)29-21-9-10-26-13-27-21)28-23(15-3-5-16(25)6-4-15)18-11-17(34-2)7-8-20(18)32(14)24/h3-11,13,19H,12H2,1-2H3,(H,26,27,29,33)/t19-/m0/s1. The second-order valence-corrected chi connectivity index (χ2v) is 8.11. The van der Waals surface area contributed by atoms with Gasteiger partial charge in [0.05, 0.1) is 24.9 Å². The van der Waals surface area contributed by atoms with E-state index in [1.165, 1.54) is 6.33 Å². The van der Waals surface area contributed by atoms with Gasteiger partial charge in [-0.15, -0.1) is 10.2 Å². The molecular weight excluding hydrogens is 454 g/mol.